The number of hydrogen-bond donors (Lipinski definition) is 2. The molecule has 0 aromatic heterocycles. The van der Waals surface area contributed by atoms with Gasteiger partial charge in [0.1, 0.15) is 17.4 Å². The summed E-state index contributed by atoms with van der Waals surface area (Å²) in [4.78, 5) is 13.8. The molecule has 2 N–H and O–H groups in total. The van der Waals surface area contributed by atoms with E-state index in [1.807, 2.05) is 6.08 Å². The second-order valence-electron chi connectivity index (χ2n) is 5.05. The van der Waals surface area contributed by atoms with E-state index in [1.54, 1.807) is 13.2 Å². The Balaban J connectivity index is 2.15. The second kappa shape index (κ2) is 6.76. The molecule has 1 aliphatic heterocycles. The van der Waals surface area contributed by atoms with Crippen molar-refractivity contribution in [2.45, 2.75) is 0 Å². The summed E-state index contributed by atoms with van der Waals surface area (Å²) in [5.74, 6) is -0.518. The van der Waals surface area contributed by atoms with Crippen LogP contribution in [0, 0.1) is 11.8 Å². The standard InChI is InChI=1S/C14H22N2O4/c1-19-11-7-10(9-16-5-3-15-4-6-16)13(14(17)18)12(8-11)20-2/h7-8,10,13,15H,3-6,9H2,1-2H3,(H,17,18). The van der Waals surface area contributed by atoms with Gasteiger partial charge in [-0.2, -0.15) is 0 Å². The lowest BCUT2D eigenvalue weighted by Gasteiger charge is -2.34. The third kappa shape index (κ3) is 3.32. The monoisotopic (exact) mass is 282 g/mol. The lowest BCUT2D eigenvalue weighted by molar-refractivity contribution is -0.143. The highest BCUT2D eigenvalue weighted by Crippen LogP contribution is 2.31. The summed E-state index contributed by atoms with van der Waals surface area (Å²) >= 11 is 0. The van der Waals surface area contributed by atoms with Crippen LogP contribution >= 0.6 is 0 Å². The van der Waals surface area contributed by atoms with E-state index in [1.165, 1.54) is 7.11 Å². The minimum Gasteiger partial charge on any atom is -0.500 e. The molecule has 1 heterocycles. The van der Waals surface area contributed by atoms with Crippen LogP contribution in [0.5, 0.6) is 0 Å². The first-order valence-electron chi connectivity index (χ1n) is 6.83. The number of carboxylic acid groups (broad SMARTS) is 1. The fraction of sp³-hybridized carbons (Fsp3) is 0.643. The van der Waals surface area contributed by atoms with Crippen molar-refractivity contribution in [2.24, 2.45) is 11.8 Å². The Bertz CT molecular complexity index is 413. The van der Waals surface area contributed by atoms with Gasteiger partial charge in [0.25, 0.3) is 0 Å². The van der Waals surface area contributed by atoms with Gasteiger partial charge in [-0.05, 0) is 6.08 Å². The molecule has 0 radical (unpaired) electrons. The molecule has 0 aromatic rings. The second-order valence-corrected chi connectivity index (χ2v) is 5.05. The van der Waals surface area contributed by atoms with Crippen molar-refractivity contribution >= 4 is 5.97 Å². The van der Waals surface area contributed by atoms with Crippen molar-refractivity contribution in [1.82, 2.24) is 10.2 Å². The summed E-state index contributed by atoms with van der Waals surface area (Å²) in [6.45, 7) is 4.46. The lowest BCUT2D eigenvalue weighted by Crippen LogP contribution is -2.47. The highest BCUT2D eigenvalue weighted by atomic mass is 16.5. The molecule has 0 aromatic carbocycles. The molecule has 20 heavy (non-hydrogen) atoms. The Morgan fingerprint density at radius 3 is 2.65 bits per heavy atom. The van der Waals surface area contributed by atoms with Crippen molar-refractivity contribution in [2.75, 3.05) is 46.9 Å². The molecule has 0 bridgehead atoms. The van der Waals surface area contributed by atoms with Crippen molar-refractivity contribution in [3.63, 3.8) is 0 Å². The van der Waals surface area contributed by atoms with E-state index in [-0.39, 0.29) is 5.92 Å². The highest BCUT2D eigenvalue weighted by Gasteiger charge is 2.36. The van der Waals surface area contributed by atoms with Gasteiger partial charge >= 0.3 is 5.97 Å². The molecule has 0 spiro atoms. The van der Waals surface area contributed by atoms with Gasteiger partial charge in [0.05, 0.1) is 14.2 Å². The topological polar surface area (TPSA) is 71.0 Å². The number of hydrogen-bond acceptors (Lipinski definition) is 5. The van der Waals surface area contributed by atoms with Crippen molar-refractivity contribution in [3.05, 3.63) is 23.7 Å². The van der Waals surface area contributed by atoms with Gasteiger partial charge in [-0.1, -0.05) is 0 Å². The molecule has 0 saturated carbocycles. The Morgan fingerprint density at radius 2 is 2.10 bits per heavy atom. The van der Waals surface area contributed by atoms with Crippen LogP contribution in [-0.4, -0.2) is 62.9 Å². The molecular weight excluding hydrogens is 260 g/mol. The maximum Gasteiger partial charge on any atom is 0.314 e. The van der Waals surface area contributed by atoms with Gasteiger partial charge in [-0.3, -0.25) is 4.79 Å². The zero-order valence-electron chi connectivity index (χ0n) is 12.0. The predicted molar refractivity (Wildman–Crippen MR) is 74.1 cm³/mol. The maximum absolute atomic E-state index is 11.5. The number of allylic oxidation sites excluding steroid dienone is 1. The molecule has 2 unspecified atom stereocenters. The van der Waals surface area contributed by atoms with Gasteiger partial charge in [0.15, 0.2) is 0 Å². The number of carboxylic acids is 1. The summed E-state index contributed by atoms with van der Waals surface area (Å²) in [6, 6.07) is 0. The number of ether oxygens (including phenoxy) is 2. The molecule has 6 nitrogen and oxygen atoms in total. The van der Waals surface area contributed by atoms with E-state index in [9.17, 15) is 9.90 Å². The summed E-state index contributed by atoms with van der Waals surface area (Å²) in [5.41, 5.74) is 0. The molecule has 1 aliphatic carbocycles. The molecular formula is C14H22N2O4. The van der Waals surface area contributed by atoms with E-state index in [4.69, 9.17) is 9.47 Å². The summed E-state index contributed by atoms with van der Waals surface area (Å²) < 4.78 is 10.5. The lowest BCUT2D eigenvalue weighted by atomic mass is 9.85. The van der Waals surface area contributed by atoms with Crippen LogP contribution < -0.4 is 5.32 Å². The molecule has 2 aliphatic rings. The minimum atomic E-state index is -0.857. The van der Waals surface area contributed by atoms with Gasteiger partial charge in [0.2, 0.25) is 0 Å². The van der Waals surface area contributed by atoms with Gasteiger partial charge in [0, 0.05) is 44.7 Å². The third-order valence-corrected chi connectivity index (χ3v) is 3.81. The third-order valence-electron chi connectivity index (χ3n) is 3.81. The largest absolute Gasteiger partial charge is 0.500 e. The fourth-order valence-corrected chi connectivity index (χ4v) is 2.76. The minimum absolute atomic E-state index is 0.138. The molecule has 6 heteroatoms. The maximum atomic E-state index is 11.5. The van der Waals surface area contributed by atoms with Gasteiger partial charge in [-0.15, -0.1) is 0 Å². The van der Waals surface area contributed by atoms with Crippen molar-refractivity contribution in [3.8, 4) is 0 Å². The van der Waals surface area contributed by atoms with Crippen LogP contribution in [0.1, 0.15) is 0 Å². The van der Waals surface area contributed by atoms with Crippen LogP contribution in [0.15, 0.2) is 23.7 Å². The van der Waals surface area contributed by atoms with E-state index < -0.39 is 11.9 Å². The Hall–Kier alpha value is -1.53. The molecule has 1 fully saturated rings. The van der Waals surface area contributed by atoms with E-state index in [0.717, 1.165) is 26.2 Å². The number of methoxy groups -OCH3 is 2. The number of nitrogens with zero attached hydrogens (tertiary/aromatic N) is 1. The van der Waals surface area contributed by atoms with Gasteiger partial charge in [-0.25, -0.2) is 0 Å². The van der Waals surface area contributed by atoms with Crippen LogP contribution in [0.2, 0.25) is 0 Å². The number of rotatable bonds is 5. The molecule has 1 saturated heterocycles. The molecule has 2 atom stereocenters. The van der Waals surface area contributed by atoms with Crippen LogP contribution in [-0.2, 0) is 14.3 Å². The molecule has 112 valence electrons. The van der Waals surface area contributed by atoms with Crippen LogP contribution in [0.3, 0.4) is 0 Å². The highest BCUT2D eigenvalue weighted by molar-refractivity contribution is 5.74. The molecule has 2 rings (SSSR count). The summed E-state index contributed by atoms with van der Waals surface area (Å²) in [7, 11) is 3.08. The van der Waals surface area contributed by atoms with Gasteiger partial charge < -0.3 is 24.8 Å². The number of nitrogens with one attached hydrogen (secondary N) is 1. The number of carbonyl (C=O) groups is 1. The SMILES string of the molecule is COC1=CC(CN2CCNCC2)C(C(=O)O)C(OC)=C1. The zero-order chi connectivity index (χ0) is 14.5. The average Bonchev–Trinajstić information content (AvgIpc) is 2.47. The quantitative estimate of drug-likeness (QED) is 0.755. The summed E-state index contributed by atoms with van der Waals surface area (Å²) in [6.07, 6.45) is 3.55. The Kier molecular flexibility index (Phi) is 5.03. The summed E-state index contributed by atoms with van der Waals surface area (Å²) in [5, 5.41) is 12.8. The van der Waals surface area contributed by atoms with Crippen LogP contribution in [0.4, 0.5) is 0 Å². The van der Waals surface area contributed by atoms with E-state index >= 15 is 0 Å². The number of aliphatic carboxylic acids is 1. The fourth-order valence-electron chi connectivity index (χ4n) is 2.76. The van der Waals surface area contributed by atoms with Crippen molar-refractivity contribution < 1.29 is 19.4 Å². The average molecular weight is 282 g/mol. The normalized spacial score (nSPS) is 27.5. The first-order valence-corrected chi connectivity index (χ1v) is 6.83. The Labute approximate surface area is 119 Å². The van der Waals surface area contributed by atoms with E-state index in [2.05, 4.69) is 10.2 Å². The first-order chi connectivity index (χ1) is 9.65. The first kappa shape index (κ1) is 14.9. The van der Waals surface area contributed by atoms with Crippen molar-refractivity contribution in [1.29, 1.82) is 0 Å². The zero-order valence-corrected chi connectivity index (χ0v) is 12.0. The predicted octanol–water partition coefficient (Wildman–Crippen LogP) is 0.283. The number of piperazine rings is 1. The Morgan fingerprint density at radius 1 is 1.40 bits per heavy atom. The van der Waals surface area contributed by atoms with Crippen LogP contribution in [0.25, 0.3) is 0 Å². The molecule has 0 amide bonds. The van der Waals surface area contributed by atoms with E-state index in [0.29, 0.717) is 18.1 Å². The smallest absolute Gasteiger partial charge is 0.314 e.